The summed E-state index contributed by atoms with van der Waals surface area (Å²) in [6, 6.07) is 39.6. The van der Waals surface area contributed by atoms with Gasteiger partial charge in [0.2, 0.25) is 0 Å². The van der Waals surface area contributed by atoms with Gasteiger partial charge in [0.1, 0.15) is 18.3 Å². The fraction of sp³-hybridized carbons (Fsp3) is 0.265. The van der Waals surface area contributed by atoms with Crippen molar-refractivity contribution in [2.75, 3.05) is 0 Å². The van der Waals surface area contributed by atoms with E-state index in [1.807, 2.05) is 128 Å². The molecule has 0 spiro atoms. The van der Waals surface area contributed by atoms with Gasteiger partial charge in [0.15, 0.2) is 6.29 Å². The summed E-state index contributed by atoms with van der Waals surface area (Å²) in [5.41, 5.74) is 4.05. The molecule has 0 heterocycles. The highest BCUT2D eigenvalue weighted by atomic mass is 16.6. The quantitative estimate of drug-likeness (QED) is 0.156. The molecule has 202 valence electrons. The number of aldehydes is 1. The lowest BCUT2D eigenvalue weighted by Crippen LogP contribution is -2.49. The van der Waals surface area contributed by atoms with Crippen molar-refractivity contribution in [3.05, 3.63) is 144 Å². The van der Waals surface area contributed by atoms with Crippen molar-refractivity contribution in [1.29, 1.82) is 0 Å². The van der Waals surface area contributed by atoms with Crippen molar-refractivity contribution >= 4 is 6.29 Å². The number of carbonyl (C=O) groups is 1. The van der Waals surface area contributed by atoms with Crippen LogP contribution in [0.4, 0.5) is 0 Å². The largest absolute Gasteiger partial charge is 0.371 e. The van der Waals surface area contributed by atoms with E-state index in [1.54, 1.807) is 0 Å². The van der Waals surface area contributed by atoms with Crippen LogP contribution in [0.15, 0.2) is 121 Å². The highest BCUT2D eigenvalue weighted by Crippen LogP contribution is 2.22. The Morgan fingerprint density at radius 1 is 0.487 bits per heavy atom. The Morgan fingerprint density at radius 2 is 0.821 bits per heavy atom. The minimum absolute atomic E-state index is 0.278. The minimum Gasteiger partial charge on any atom is -0.371 e. The summed E-state index contributed by atoms with van der Waals surface area (Å²) in [5.74, 6) is 0. The monoisotopic (exact) mass is 524 g/mol. The van der Waals surface area contributed by atoms with Crippen molar-refractivity contribution in [3.8, 4) is 0 Å². The third-order valence-electron chi connectivity index (χ3n) is 6.46. The molecule has 0 radical (unpaired) electrons. The third kappa shape index (κ3) is 9.27. The van der Waals surface area contributed by atoms with Crippen LogP contribution < -0.4 is 0 Å². The Kier molecular flexibility index (Phi) is 11.4. The number of hydrogen-bond acceptors (Lipinski definition) is 5. The molecule has 4 aromatic carbocycles. The molecule has 5 nitrogen and oxygen atoms in total. The Morgan fingerprint density at radius 3 is 1.21 bits per heavy atom. The zero-order chi connectivity index (χ0) is 27.1. The van der Waals surface area contributed by atoms with Crippen molar-refractivity contribution in [2.24, 2.45) is 0 Å². The van der Waals surface area contributed by atoms with Crippen LogP contribution in [0.3, 0.4) is 0 Å². The summed E-state index contributed by atoms with van der Waals surface area (Å²) in [4.78, 5) is 12.5. The summed E-state index contributed by atoms with van der Waals surface area (Å²) < 4.78 is 25.3. The van der Waals surface area contributed by atoms with Gasteiger partial charge in [-0.2, -0.15) is 0 Å². The second-order valence-electron chi connectivity index (χ2n) is 9.42. The molecule has 0 saturated heterocycles. The maximum Gasteiger partial charge on any atom is 0.151 e. The van der Waals surface area contributed by atoms with Crippen molar-refractivity contribution < 1.29 is 23.7 Å². The summed E-state index contributed by atoms with van der Waals surface area (Å²) in [6.07, 6.45) is -1.74. The molecular formula is C34H36O5. The van der Waals surface area contributed by atoms with Gasteiger partial charge in [-0.15, -0.1) is 0 Å². The predicted octanol–water partition coefficient (Wildman–Crippen LogP) is 6.55. The summed E-state index contributed by atoms with van der Waals surface area (Å²) in [6.45, 7) is 3.30. The van der Waals surface area contributed by atoms with Gasteiger partial charge in [0, 0.05) is 0 Å². The fourth-order valence-electron chi connectivity index (χ4n) is 4.28. The fourth-order valence-corrected chi connectivity index (χ4v) is 4.28. The molecule has 39 heavy (non-hydrogen) atoms. The molecule has 0 unspecified atom stereocenters. The molecule has 4 rings (SSSR count). The highest BCUT2D eigenvalue weighted by molar-refractivity contribution is 5.57. The second-order valence-corrected chi connectivity index (χ2v) is 9.42. The van der Waals surface area contributed by atoms with Crippen LogP contribution in [-0.4, -0.2) is 30.7 Å². The Bertz CT molecular complexity index is 1200. The number of benzene rings is 4. The molecule has 0 aliphatic carbocycles. The zero-order valence-corrected chi connectivity index (χ0v) is 22.3. The van der Waals surface area contributed by atoms with Gasteiger partial charge in [-0.25, -0.2) is 0 Å². The van der Waals surface area contributed by atoms with Crippen LogP contribution in [0.25, 0.3) is 0 Å². The van der Waals surface area contributed by atoms with Gasteiger partial charge in [0.25, 0.3) is 0 Å². The minimum atomic E-state index is -0.863. The molecule has 0 aliphatic rings. The Balaban J connectivity index is 1.56. The molecule has 0 bridgehead atoms. The average Bonchev–Trinajstić information content (AvgIpc) is 3.00. The topological polar surface area (TPSA) is 54.0 Å². The molecule has 0 amide bonds. The van der Waals surface area contributed by atoms with Gasteiger partial charge in [-0.3, -0.25) is 0 Å². The predicted molar refractivity (Wildman–Crippen MR) is 152 cm³/mol. The summed E-state index contributed by atoms with van der Waals surface area (Å²) >= 11 is 0. The van der Waals surface area contributed by atoms with E-state index in [0.29, 0.717) is 19.8 Å². The van der Waals surface area contributed by atoms with Gasteiger partial charge in [-0.1, -0.05) is 121 Å². The van der Waals surface area contributed by atoms with Gasteiger partial charge >= 0.3 is 0 Å². The molecule has 5 heteroatoms. The lowest BCUT2D eigenvalue weighted by molar-refractivity contribution is -0.185. The number of carbonyl (C=O) groups excluding carboxylic acids is 1. The molecule has 0 N–H and O–H groups in total. The number of hydrogen-bond donors (Lipinski definition) is 0. The maximum absolute atomic E-state index is 12.5. The van der Waals surface area contributed by atoms with E-state index in [0.717, 1.165) is 28.5 Å². The summed E-state index contributed by atoms with van der Waals surface area (Å²) in [7, 11) is 0. The van der Waals surface area contributed by atoms with E-state index >= 15 is 0 Å². The number of ether oxygens (including phenoxy) is 4. The molecule has 0 aromatic heterocycles. The molecule has 0 aliphatic heterocycles. The van der Waals surface area contributed by atoms with E-state index < -0.39 is 24.4 Å². The standard InChI is InChI=1S/C34H36O5/c1-27(36-23-28-14-6-2-7-15-28)33(38-25-30-18-10-4-11-19-30)34(39-26-31-20-12-5-13-21-31)32(22-35)37-24-29-16-8-3-9-17-29/h2-22,27,32-34H,23-26H2,1H3/t27-,32-,33-,34-/m0/s1. The molecule has 4 aromatic rings. The first-order chi connectivity index (χ1) is 19.2. The lowest BCUT2D eigenvalue weighted by atomic mass is 10.0. The number of rotatable bonds is 16. The first kappa shape index (κ1) is 28.4. The first-order valence-electron chi connectivity index (χ1n) is 13.3. The van der Waals surface area contributed by atoms with Crippen LogP contribution in [0.5, 0.6) is 0 Å². The van der Waals surface area contributed by atoms with E-state index in [9.17, 15) is 4.79 Å². The Labute approximate surface area is 231 Å². The van der Waals surface area contributed by atoms with E-state index in [-0.39, 0.29) is 6.61 Å². The maximum atomic E-state index is 12.5. The second kappa shape index (κ2) is 15.7. The smallest absolute Gasteiger partial charge is 0.151 e. The zero-order valence-electron chi connectivity index (χ0n) is 22.3. The van der Waals surface area contributed by atoms with Gasteiger partial charge in [-0.05, 0) is 29.2 Å². The van der Waals surface area contributed by atoms with Crippen molar-refractivity contribution in [2.45, 2.75) is 57.8 Å². The summed E-state index contributed by atoms with van der Waals surface area (Å²) in [5, 5.41) is 0. The Hall–Kier alpha value is -3.61. The van der Waals surface area contributed by atoms with Crippen LogP contribution in [0.2, 0.25) is 0 Å². The van der Waals surface area contributed by atoms with Crippen LogP contribution in [0, 0.1) is 0 Å². The molecule has 0 saturated carbocycles. The van der Waals surface area contributed by atoms with E-state index in [1.165, 1.54) is 0 Å². The highest BCUT2D eigenvalue weighted by Gasteiger charge is 2.36. The van der Waals surface area contributed by atoms with Crippen LogP contribution in [-0.2, 0) is 50.2 Å². The van der Waals surface area contributed by atoms with Crippen molar-refractivity contribution in [3.63, 3.8) is 0 Å². The normalized spacial score (nSPS) is 14.3. The SMILES string of the molecule is C[C@H](OCc1ccccc1)[C@H](OCc1ccccc1)[C@@H](OCc1ccccc1)[C@H](C=O)OCc1ccccc1. The van der Waals surface area contributed by atoms with Gasteiger partial charge < -0.3 is 23.7 Å². The average molecular weight is 525 g/mol. The van der Waals surface area contributed by atoms with E-state index in [2.05, 4.69) is 0 Å². The third-order valence-corrected chi connectivity index (χ3v) is 6.46. The molecule has 4 atom stereocenters. The first-order valence-corrected chi connectivity index (χ1v) is 13.3. The lowest BCUT2D eigenvalue weighted by Gasteiger charge is -2.34. The molecular weight excluding hydrogens is 488 g/mol. The van der Waals surface area contributed by atoms with Crippen LogP contribution in [0.1, 0.15) is 29.2 Å². The van der Waals surface area contributed by atoms with Crippen LogP contribution >= 0.6 is 0 Å². The van der Waals surface area contributed by atoms with Crippen molar-refractivity contribution in [1.82, 2.24) is 0 Å². The molecule has 0 fully saturated rings. The van der Waals surface area contributed by atoms with E-state index in [4.69, 9.17) is 18.9 Å². The van der Waals surface area contributed by atoms with Gasteiger partial charge in [0.05, 0.1) is 32.5 Å².